The molecule has 4 heteroatoms. The van der Waals surface area contributed by atoms with Gasteiger partial charge in [-0.1, -0.05) is 38.0 Å². The lowest BCUT2D eigenvalue weighted by Crippen LogP contribution is -2.35. The molecule has 0 aliphatic carbocycles. The van der Waals surface area contributed by atoms with Crippen molar-refractivity contribution in [1.82, 2.24) is 5.32 Å². The van der Waals surface area contributed by atoms with Gasteiger partial charge >= 0.3 is 5.97 Å². The number of thiophene rings is 1. The predicted octanol–water partition coefficient (Wildman–Crippen LogP) is 3.63. The van der Waals surface area contributed by atoms with Crippen LogP contribution >= 0.6 is 11.3 Å². The summed E-state index contributed by atoms with van der Waals surface area (Å²) in [5, 5.41) is 13.5. The van der Waals surface area contributed by atoms with Crippen molar-refractivity contribution in [2.75, 3.05) is 0 Å². The fourth-order valence-electron chi connectivity index (χ4n) is 2.07. The molecule has 2 aromatic rings. The molecular formula is C15H19NO2S. The van der Waals surface area contributed by atoms with Crippen molar-refractivity contribution in [3.63, 3.8) is 0 Å². The van der Waals surface area contributed by atoms with Gasteiger partial charge in [0, 0.05) is 16.1 Å². The zero-order valence-electron chi connectivity index (χ0n) is 11.1. The fourth-order valence-corrected chi connectivity index (χ4v) is 3.08. The molecule has 2 N–H and O–H groups in total. The molecule has 2 rings (SSSR count). The van der Waals surface area contributed by atoms with Crippen molar-refractivity contribution < 1.29 is 9.90 Å². The Morgan fingerprint density at radius 1 is 1.42 bits per heavy atom. The topological polar surface area (TPSA) is 49.3 Å². The second kappa shape index (κ2) is 6.68. The normalized spacial score (nSPS) is 12.7. The third-order valence-electron chi connectivity index (χ3n) is 3.14. The SMILES string of the molecule is CCCCC(NCc1cc2ccccc2s1)C(=O)O. The van der Waals surface area contributed by atoms with E-state index in [9.17, 15) is 4.79 Å². The minimum absolute atomic E-state index is 0.440. The van der Waals surface area contributed by atoms with Crippen LogP contribution in [-0.4, -0.2) is 17.1 Å². The highest BCUT2D eigenvalue weighted by Gasteiger charge is 2.16. The zero-order chi connectivity index (χ0) is 13.7. The van der Waals surface area contributed by atoms with Crippen molar-refractivity contribution in [2.24, 2.45) is 0 Å². The number of hydrogen-bond acceptors (Lipinski definition) is 3. The summed E-state index contributed by atoms with van der Waals surface area (Å²) in [5.74, 6) is -0.755. The molecule has 0 bridgehead atoms. The van der Waals surface area contributed by atoms with E-state index in [0.29, 0.717) is 13.0 Å². The number of hydrogen-bond donors (Lipinski definition) is 2. The average Bonchev–Trinajstić information content (AvgIpc) is 2.81. The predicted molar refractivity (Wildman–Crippen MR) is 79.6 cm³/mol. The van der Waals surface area contributed by atoms with Crippen LogP contribution in [0.3, 0.4) is 0 Å². The highest BCUT2D eigenvalue weighted by Crippen LogP contribution is 2.25. The lowest BCUT2D eigenvalue weighted by Gasteiger charge is -2.12. The second-order valence-corrected chi connectivity index (χ2v) is 5.83. The molecule has 0 saturated carbocycles. The third-order valence-corrected chi connectivity index (χ3v) is 4.26. The number of carbonyl (C=O) groups is 1. The molecule has 1 atom stereocenters. The van der Waals surface area contributed by atoms with Gasteiger partial charge in [0.2, 0.25) is 0 Å². The van der Waals surface area contributed by atoms with Crippen molar-refractivity contribution in [1.29, 1.82) is 0 Å². The summed E-state index contributed by atoms with van der Waals surface area (Å²) >= 11 is 1.72. The average molecular weight is 277 g/mol. The number of benzene rings is 1. The van der Waals surface area contributed by atoms with Gasteiger partial charge in [0.05, 0.1) is 0 Å². The molecule has 19 heavy (non-hydrogen) atoms. The van der Waals surface area contributed by atoms with Gasteiger partial charge in [-0.3, -0.25) is 10.1 Å². The highest BCUT2D eigenvalue weighted by molar-refractivity contribution is 7.19. The standard InChI is InChI=1S/C15H19NO2S/c1-2-3-7-13(15(17)18)16-10-12-9-11-6-4-5-8-14(11)19-12/h4-6,8-9,13,16H,2-3,7,10H2,1H3,(H,17,18). The Kier molecular flexibility index (Phi) is 4.93. The van der Waals surface area contributed by atoms with E-state index < -0.39 is 12.0 Å². The summed E-state index contributed by atoms with van der Waals surface area (Å²) in [6, 6.07) is 9.91. The van der Waals surface area contributed by atoms with E-state index in [-0.39, 0.29) is 0 Å². The van der Waals surface area contributed by atoms with E-state index in [4.69, 9.17) is 5.11 Å². The number of aliphatic carboxylic acids is 1. The smallest absolute Gasteiger partial charge is 0.320 e. The van der Waals surface area contributed by atoms with Gasteiger partial charge in [-0.15, -0.1) is 11.3 Å². The quantitative estimate of drug-likeness (QED) is 0.812. The maximum atomic E-state index is 11.1. The Bertz CT molecular complexity index is 517. The minimum Gasteiger partial charge on any atom is -0.480 e. The van der Waals surface area contributed by atoms with E-state index in [1.807, 2.05) is 12.1 Å². The van der Waals surface area contributed by atoms with E-state index in [0.717, 1.165) is 12.8 Å². The maximum absolute atomic E-state index is 11.1. The first-order valence-electron chi connectivity index (χ1n) is 6.64. The van der Waals surface area contributed by atoms with Crippen LogP contribution in [0.1, 0.15) is 31.1 Å². The van der Waals surface area contributed by atoms with Crippen LogP contribution in [0.4, 0.5) is 0 Å². The Labute approximate surface area is 117 Å². The molecule has 0 aliphatic rings. The molecule has 102 valence electrons. The summed E-state index contributed by atoms with van der Waals surface area (Å²) in [7, 11) is 0. The van der Waals surface area contributed by atoms with Crippen LogP contribution in [0.15, 0.2) is 30.3 Å². The van der Waals surface area contributed by atoms with E-state index >= 15 is 0 Å². The summed E-state index contributed by atoms with van der Waals surface area (Å²) in [5.41, 5.74) is 0. The molecule has 0 saturated heterocycles. The van der Waals surface area contributed by atoms with Gasteiger partial charge in [0.15, 0.2) is 0 Å². The van der Waals surface area contributed by atoms with Gasteiger partial charge in [-0.05, 0) is 23.9 Å². The number of carboxylic acids is 1. The molecule has 0 amide bonds. The van der Waals surface area contributed by atoms with Gasteiger partial charge < -0.3 is 5.11 Å². The zero-order valence-corrected chi connectivity index (χ0v) is 11.9. The Morgan fingerprint density at radius 2 is 2.21 bits per heavy atom. The first-order valence-corrected chi connectivity index (χ1v) is 7.46. The lowest BCUT2D eigenvalue weighted by molar-refractivity contribution is -0.139. The number of fused-ring (bicyclic) bond motifs is 1. The summed E-state index contributed by atoms with van der Waals surface area (Å²) in [4.78, 5) is 12.3. The van der Waals surface area contributed by atoms with E-state index in [1.165, 1.54) is 15.0 Å². The molecule has 1 heterocycles. The van der Waals surface area contributed by atoms with Crippen LogP contribution in [0.5, 0.6) is 0 Å². The second-order valence-electron chi connectivity index (χ2n) is 4.66. The lowest BCUT2D eigenvalue weighted by atomic mass is 10.1. The molecule has 1 unspecified atom stereocenters. The van der Waals surface area contributed by atoms with Crippen molar-refractivity contribution in [3.05, 3.63) is 35.2 Å². The van der Waals surface area contributed by atoms with Crippen molar-refractivity contribution in [2.45, 2.75) is 38.8 Å². The number of carboxylic acid groups (broad SMARTS) is 1. The number of unbranched alkanes of at least 4 members (excludes halogenated alkanes) is 1. The van der Waals surface area contributed by atoms with E-state index in [2.05, 4.69) is 30.4 Å². The monoisotopic (exact) mass is 277 g/mol. The highest BCUT2D eigenvalue weighted by atomic mass is 32.1. The van der Waals surface area contributed by atoms with Crippen LogP contribution in [0.25, 0.3) is 10.1 Å². The molecule has 3 nitrogen and oxygen atoms in total. The molecule has 0 aliphatic heterocycles. The Morgan fingerprint density at radius 3 is 2.89 bits per heavy atom. The molecule has 1 aromatic heterocycles. The van der Waals surface area contributed by atoms with Gasteiger partial charge in [-0.2, -0.15) is 0 Å². The van der Waals surface area contributed by atoms with Gasteiger partial charge in [0.1, 0.15) is 6.04 Å². The van der Waals surface area contributed by atoms with Crippen LogP contribution in [0.2, 0.25) is 0 Å². The summed E-state index contributed by atoms with van der Waals surface area (Å²) in [6.45, 7) is 2.70. The Hall–Kier alpha value is -1.39. The van der Waals surface area contributed by atoms with E-state index in [1.54, 1.807) is 11.3 Å². The number of nitrogens with one attached hydrogen (secondary N) is 1. The minimum atomic E-state index is -0.755. The maximum Gasteiger partial charge on any atom is 0.320 e. The molecule has 1 aromatic carbocycles. The Balaban J connectivity index is 1.97. The largest absolute Gasteiger partial charge is 0.480 e. The fraction of sp³-hybridized carbons (Fsp3) is 0.400. The van der Waals surface area contributed by atoms with Gasteiger partial charge in [0.25, 0.3) is 0 Å². The van der Waals surface area contributed by atoms with Gasteiger partial charge in [-0.25, -0.2) is 0 Å². The third kappa shape index (κ3) is 3.78. The van der Waals surface area contributed by atoms with Crippen LogP contribution in [-0.2, 0) is 11.3 Å². The summed E-state index contributed by atoms with van der Waals surface area (Å²) in [6.07, 6.45) is 2.65. The molecular weight excluding hydrogens is 258 g/mol. The molecule has 0 radical (unpaired) electrons. The summed E-state index contributed by atoms with van der Waals surface area (Å²) < 4.78 is 1.25. The molecule has 0 spiro atoms. The van der Waals surface area contributed by atoms with Crippen molar-refractivity contribution >= 4 is 27.4 Å². The number of rotatable bonds is 7. The van der Waals surface area contributed by atoms with Crippen LogP contribution < -0.4 is 5.32 Å². The first kappa shape index (κ1) is 14.0. The van der Waals surface area contributed by atoms with Crippen LogP contribution in [0, 0.1) is 0 Å². The molecule has 0 fully saturated rings. The van der Waals surface area contributed by atoms with Crippen molar-refractivity contribution in [3.8, 4) is 0 Å². The first-order chi connectivity index (χ1) is 9.20.